The molecule has 2 aliphatic heterocycles. The van der Waals surface area contributed by atoms with E-state index < -0.39 is 11.7 Å². The van der Waals surface area contributed by atoms with Crippen LogP contribution in [0.25, 0.3) is 0 Å². The molecule has 0 bridgehead atoms. The molecule has 0 amide bonds. The minimum Gasteiger partial charge on any atom is -0.379 e. The number of ether oxygens (including phenoxy) is 1. The standard InChI is InChI=1S/C22H28F3N5O/c1-16-13-20(26-15-17-3-2-4-18(14-17)22(23,24)25)28-21(27-16)30-7-5-19(6-8-30)29-9-11-31-12-10-29/h2-4,13-14,19H,5-12,15H2,1H3,(H,26,27,28). The third kappa shape index (κ3) is 5.65. The van der Waals surface area contributed by atoms with E-state index in [0.717, 1.165) is 64.0 Å². The van der Waals surface area contributed by atoms with Gasteiger partial charge in [-0.15, -0.1) is 0 Å². The van der Waals surface area contributed by atoms with Crippen molar-refractivity contribution in [3.63, 3.8) is 0 Å². The van der Waals surface area contributed by atoms with E-state index in [1.807, 2.05) is 13.0 Å². The van der Waals surface area contributed by atoms with Crippen LogP contribution in [0.4, 0.5) is 24.9 Å². The van der Waals surface area contributed by atoms with Gasteiger partial charge in [-0.3, -0.25) is 4.90 Å². The van der Waals surface area contributed by atoms with Gasteiger partial charge in [0, 0.05) is 50.5 Å². The van der Waals surface area contributed by atoms with Gasteiger partial charge < -0.3 is 15.0 Å². The number of anilines is 2. The van der Waals surface area contributed by atoms with Gasteiger partial charge in [0.05, 0.1) is 18.8 Å². The Hall–Kier alpha value is -2.39. The molecule has 2 fully saturated rings. The van der Waals surface area contributed by atoms with Gasteiger partial charge >= 0.3 is 6.18 Å². The Morgan fingerprint density at radius 1 is 1.06 bits per heavy atom. The molecule has 0 aliphatic carbocycles. The summed E-state index contributed by atoms with van der Waals surface area (Å²) in [4.78, 5) is 13.9. The Bertz CT molecular complexity index is 878. The van der Waals surface area contributed by atoms with Crippen molar-refractivity contribution in [3.05, 3.63) is 47.2 Å². The number of piperidine rings is 1. The molecule has 2 aromatic rings. The van der Waals surface area contributed by atoms with E-state index in [2.05, 4.69) is 25.1 Å². The normalized spacial score (nSPS) is 18.9. The number of alkyl halides is 3. The smallest absolute Gasteiger partial charge is 0.379 e. The number of nitrogens with zero attached hydrogens (tertiary/aromatic N) is 4. The van der Waals surface area contributed by atoms with Crippen LogP contribution in [0.5, 0.6) is 0 Å². The van der Waals surface area contributed by atoms with Gasteiger partial charge in [0.2, 0.25) is 5.95 Å². The molecule has 4 rings (SSSR count). The Balaban J connectivity index is 1.38. The molecule has 1 N–H and O–H groups in total. The highest BCUT2D eigenvalue weighted by molar-refractivity contribution is 5.44. The summed E-state index contributed by atoms with van der Waals surface area (Å²) in [6, 6.07) is 7.74. The first kappa shape index (κ1) is 21.8. The molecular formula is C22H28F3N5O. The molecule has 31 heavy (non-hydrogen) atoms. The molecule has 1 aromatic carbocycles. The molecule has 3 heterocycles. The second-order valence-electron chi connectivity index (χ2n) is 8.11. The lowest BCUT2D eigenvalue weighted by molar-refractivity contribution is -0.137. The lowest BCUT2D eigenvalue weighted by atomic mass is 10.0. The molecule has 168 valence electrons. The van der Waals surface area contributed by atoms with Crippen LogP contribution >= 0.6 is 0 Å². The van der Waals surface area contributed by atoms with E-state index in [-0.39, 0.29) is 6.54 Å². The van der Waals surface area contributed by atoms with E-state index >= 15 is 0 Å². The fourth-order valence-corrected chi connectivity index (χ4v) is 4.21. The number of aryl methyl sites for hydroxylation is 1. The van der Waals surface area contributed by atoms with Crippen LogP contribution in [0.15, 0.2) is 30.3 Å². The molecule has 1 aromatic heterocycles. The van der Waals surface area contributed by atoms with E-state index in [9.17, 15) is 13.2 Å². The van der Waals surface area contributed by atoms with Crippen molar-refractivity contribution in [2.75, 3.05) is 49.6 Å². The van der Waals surface area contributed by atoms with Crippen LogP contribution in [-0.4, -0.2) is 60.3 Å². The lowest BCUT2D eigenvalue weighted by Crippen LogP contribution is -2.49. The second-order valence-corrected chi connectivity index (χ2v) is 8.11. The van der Waals surface area contributed by atoms with Crippen molar-refractivity contribution in [2.24, 2.45) is 0 Å². The van der Waals surface area contributed by atoms with Crippen molar-refractivity contribution >= 4 is 11.8 Å². The van der Waals surface area contributed by atoms with Crippen molar-refractivity contribution in [2.45, 2.75) is 38.5 Å². The third-order valence-corrected chi connectivity index (χ3v) is 5.88. The van der Waals surface area contributed by atoms with Crippen LogP contribution in [0.3, 0.4) is 0 Å². The predicted molar refractivity (Wildman–Crippen MR) is 113 cm³/mol. The van der Waals surface area contributed by atoms with Crippen LogP contribution in [0.2, 0.25) is 0 Å². The molecule has 6 nitrogen and oxygen atoms in total. The number of aromatic nitrogens is 2. The van der Waals surface area contributed by atoms with Gasteiger partial charge in [-0.05, 0) is 37.5 Å². The second kappa shape index (κ2) is 9.40. The minimum atomic E-state index is -4.35. The molecule has 9 heteroatoms. The highest BCUT2D eigenvalue weighted by atomic mass is 19.4. The Kier molecular flexibility index (Phi) is 6.62. The van der Waals surface area contributed by atoms with Crippen LogP contribution < -0.4 is 10.2 Å². The number of nitrogens with one attached hydrogen (secondary N) is 1. The molecule has 0 atom stereocenters. The maximum atomic E-state index is 12.9. The fraction of sp³-hybridized carbons (Fsp3) is 0.545. The topological polar surface area (TPSA) is 53.5 Å². The largest absolute Gasteiger partial charge is 0.416 e. The summed E-state index contributed by atoms with van der Waals surface area (Å²) in [5, 5.41) is 3.15. The number of hydrogen-bond acceptors (Lipinski definition) is 6. The molecular weight excluding hydrogens is 407 g/mol. The van der Waals surface area contributed by atoms with Crippen LogP contribution in [0, 0.1) is 6.92 Å². The number of rotatable bonds is 5. The van der Waals surface area contributed by atoms with E-state index in [0.29, 0.717) is 23.4 Å². The highest BCUT2D eigenvalue weighted by Crippen LogP contribution is 2.29. The Labute approximate surface area is 180 Å². The number of morpholine rings is 1. The lowest BCUT2D eigenvalue weighted by Gasteiger charge is -2.40. The van der Waals surface area contributed by atoms with E-state index in [4.69, 9.17) is 4.74 Å². The molecule has 0 spiro atoms. The minimum absolute atomic E-state index is 0.263. The Morgan fingerprint density at radius 2 is 1.81 bits per heavy atom. The molecule has 2 saturated heterocycles. The first-order valence-electron chi connectivity index (χ1n) is 10.7. The maximum Gasteiger partial charge on any atom is 0.416 e. The Morgan fingerprint density at radius 3 is 2.52 bits per heavy atom. The zero-order valence-corrected chi connectivity index (χ0v) is 17.7. The summed E-state index contributed by atoms with van der Waals surface area (Å²) in [6.45, 7) is 7.55. The first-order valence-corrected chi connectivity index (χ1v) is 10.7. The monoisotopic (exact) mass is 435 g/mol. The number of halogens is 3. The molecule has 0 saturated carbocycles. The summed E-state index contributed by atoms with van der Waals surface area (Å²) in [5.41, 5.74) is 0.736. The SMILES string of the molecule is Cc1cc(NCc2cccc(C(F)(F)F)c2)nc(N2CCC(N3CCOCC3)CC2)n1. The van der Waals surface area contributed by atoms with Gasteiger partial charge in [-0.1, -0.05) is 12.1 Å². The van der Waals surface area contributed by atoms with Gasteiger partial charge in [-0.25, -0.2) is 4.98 Å². The summed E-state index contributed by atoms with van der Waals surface area (Å²) < 4.78 is 44.3. The van der Waals surface area contributed by atoms with E-state index in [1.165, 1.54) is 12.1 Å². The average Bonchev–Trinajstić information content (AvgIpc) is 2.78. The van der Waals surface area contributed by atoms with Crippen molar-refractivity contribution in [1.82, 2.24) is 14.9 Å². The summed E-state index contributed by atoms with van der Waals surface area (Å²) in [5.74, 6) is 1.29. The summed E-state index contributed by atoms with van der Waals surface area (Å²) in [6.07, 6.45) is -2.23. The van der Waals surface area contributed by atoms with Crippen LogP contribution in [0.1, 0.15) is 29.7 Å². The summed E-state index contributed by atoms with van der Waals surface area (Å²) in [7, 11) is 0. The van der Waals surface area contributed by atoms with Gasteiger partial charge in [0.1, 0.15) is 5.82 Å². The van der Waals surface area contributed by atoms with Gasteiger partial charge in [0.15, 0.2) is 0 Å². The van der Waals surface area contributed by atoms with Gasteiger partial charge in [-0.2, -0.15) is 18.2 Å². The predicted octanol–water partition coefficient (Wildman–Crippen LogP) is 3.72. The quantitative estimate of drug-likeness (QED) is 0.773. The van der Waals surface area contributed by atoms with Crippen molar-refractivity contribution in [1.29, 1.82) is 0 Å². The third-order valence-electron chi connectivity index (χ3n) is 5.88. The van der Waals surface area contributed by atoms with Gasteiger partial charge in [0.25, 0.3) is 0 Å². The average molecular weight is 435 g/mol. The van der Waals surface area contributed by atoms with Crippen molar-refractivity contribution in [3.8, 4) is 0 Å². The molecule has 0 radical (unpaired) electrons. The zero-order valence-electron chi connectivity index (χ0n) is 17.7. The highest BCUT2D eigenvalue weighted by Gasteiger charge is 2.30. The maximum absolute atomic E-state index is 12.9. The number of benzene rings is 1. The van der Waals surface area contributed by atoms with Crippen LogP contribution in [-0.2, 0) is 17.5 Å². The van der Waals surface area contributed by atoms with E-state index in [1.54, 1.807) is 6.07 Å². The fourth-order valence-electron chi connectivity index (χ4n) is 4.21. The number of hydrogen-bond donors (Lipinski definition) is 1. The first-order chi connectivity index (χ1) is 14.9. The molecule has 0 unspecified atom stereocenters. The molecule has 2 aliphatic rings. The van der Waals surface area contributed by atoms with Crippen molar-refractivity contribution < 1.29 is 17.9 Å². The summed E-state index contributed by atoms with van der Waals surface area (Å²) >= 11 is 0. The zero-order chi connectivity index (χ0) is 21.8.